The molecule has 4 aromatic rings. The van der Waals surface area contributed by atoms with Crippen LogP contribution in [0.1, 0.15) is 84.2 Å². The number of likely N-dealkylation sites (N-methyl/N-ethyl adjacent to an activating group) is 1. The molecule has 2 N–H and O–H groups in total. The average molecular weight is 888 g/mol. The number of carbonyl (C=O) groups is 5. The second-order valence-electron chi connectivity index (χ2n) is 19.0. The molecule has 1 unspecified atom stereocenters. The summed E-state index contributed by atoms with van der Waals surface area (Å²) in [4.78, 5) is 77.1. The lowest BCUT2D eigenvalue weighted by molar-refractivity contribution is -0.156. The molecule has 4 amide bonds. The molecular formula is C51H65N7O7. The molecule has 6 bridgehead atoms. The molecule has 6 atom stereocenters. The van der Waals surface area contributed by atoms with Crippen LogP contribution in [0, 0.1) is 17.3 Å². The van der Waals surface area contributed by atoms with Gasteiger partial charge in [-0.25, -0.2) is 5.43 Å². The number of hydrogen-bond donors (Lipinski definition) is 2. The van der Waals surface area contributed by atoms with Crippen LogP contribution in [0.4, 0.5) is 0 Å². The van der Waals surface area contributed by atoms with Crippen molar-refractivity contribution in [2.24, 2.45) is 17.3 Å². The summed E-state index contributed by atoms with van der Waals surface area (Å²) < 4.78 is 14.3. The van der Waals surface area contributed by atoms with Crippen LogP contribution in [0.15, 0.2) is 73.4 Å². The van der Waals surface area contributed by atoms with Gasteiger partial charge in [0.25, 0.3) is 5.91 Å². The summed E-state index contributed by atoms with van der Waals surface area (Å²) in [5.41, 5.74) is 10.5. The number of likely N-dealkylation sites (tertiary alicyclic amines) is 1. The maximum atomic E-state index is 14.7. The van der Waals surface area contributed by atoms with E-state index in [9.17, 15) is 24.0 Å². The third-order valence-corrected chi connectivity index (χ3v) is 13.5. The summed E-state index contributed by atoms with van der Waals surface area (Å²) >= 11 is 0. The number of aryl methyl sites for hydroxylation is 1. The first-order chi connectivity index (χ1) is 31.0. The predicted octanol–water partition coefficient (Wildman–Crippen LogP) is 6.26. The molecule has 2 aromatic heterocycles. The maximum absolute atomic E-state index is 14.7. The SMILES string of the molecule is C=CC(=O)N1C[C@H](C(=O)N(C)C(C(=O)N[C@H]2Cc3cccc(c3)-c3ccc4c(c3)c(c(-c3cccnc3[C@H](C)OC)n4CC)CC(C)(C)COC(=O)[C@@H]3CCCN(N3)C2=O)C(C)C)[C@H]1C. The fourth-order valence-corrected chi connectivity index (χ4v) is 9.87. The molecule has 5 heterocycles. The van der Waals surface area contributed by atoms with Gasteiger partial charge in [0.2, 0.25) is 17.7 Å². The molecule has 3 aliphatic heterocycles. The van der Waals surface area contributed by atoms with Crippen molar-refractivity contribution in [3.05, 3.63) is 90.3 Å². The number of ether oxygens (including phenoxy) is 2. The highest BCUT2D eigenvalue weighted by Crippen LogP contribution is 2.42. The number of cyclic esters (lactones) is 1. The highest BCUT2D eigenvalue weighted by atomic mass is 16.5. The van der Waals surface area contributed by atoms with E-state index in [0.717, 1.165) is 50.1 Å². The topological polar surface area (TPSA) is 155 Å². The van der Waals surface area contributed by atoms with Crippen molar-refractivity contribution in [3.8, 4) is 22.4 Å². The Morgan fingerprint density at radius 3 is 2.54 bits per heavy atom. The molecule has 2 aromatic carbocycles. The van der Waals surface area contributed by atoms with E-state index in [-0.39, 0.29) is 49.5 Å². The Morgan fingerprint density at radius 1 is 1.09 bits per heavy atom. The van der Waals surface area contributed by atoms with E-state index in [1.807, 2.05) is 45.9 Å². The van der Waals surface area contributed by atoms with E-state index >= 15 is 0 Å². The smallest absolute Gasteiger partial charge is 0.324 e. The van der Waals surface area contributed by atoms with Gasteiger partial charge in [0, 0.05) is 74.3 Å². The highest BCUT2D eigenvalue weighted by Gasteiger charge is 2.46. The molecule has 7 rings (SSSR count). The minimum Gasteiger partial charge on any atom is -0.464 e. The number of benzene rings is 2. The lowest BCUT2D eigenvalue weighted by atomic mass is 9.84. The van der Waals surface area contributed by atoms with Crippen LogP contribution in [-0.4, -0.2) is 112 Å². The number of nitrogens with zero attached hydrogens (tertiary/aromatic N) is 5. The average Bonchev–Trinajstić information content (AvgIpc) is 3.60. The summed E-state index contributed by atoms with van der Waals surface area (Å²) in [5, 5.41) is 5.56. The van der Waals surface area contributed by atoms with Gasteiger partial charge in [-0.3, -0.25) is 34.0 Å². The van der Waals surface area contributed by atoms with Crippen LogP contribution in [-0.2, 0) is 52.8 Å². The highest BCUT2D eigenvalue weighted by molar-refractivity contribution is 5.96. The molecule has 346 valence electrons. The molecule has 14 heteroatoms. The molecule has 0 radical (unpaired) electrons. The normalized spacial score (nSPS) is 22.1. The van der Waals surface area contributed by atoms with Gasteiger partial charge < -0.3 is 29.2 Å². The number of hydrogen-bond acceptors (Lipinski definition) is 9. The summed E-state index contributed by atoms with van der Waals surface area (Å²) in [6.07, 6.45) is 4.52. The number of hydrazine groups is 1. The monoisotopic (exact) mass is 887 g/mol. The van der Waals surface area contributed by atoms with Crippen LogP contribution >= 0.6 is 0 Å². The summed E-state index contributed by atoms with van der Waals surface area (Å²) in [7, 11) is 3.29. The number of amides is 4. The Morgan fingerprint density at radius 2 is 1.85 bits per heavy atom. The van der Waals surface area contributed by atoms with Crippen molar-refractivity contribution in [2.75, 3.05) is 33.9 Å². The van der Waals surface area contributed by atoms with Gasteiger partial charge in [0.1, 0.15) is 18.1 Å². The Balaban J connectivity index is 1.29. The molecule has 3 aliphatic rings. The van der Waals surface area contributed by atoms with Crippen LogP contribution in [0.3, 0.4) is 0 Å². The maximum Gasteiger partial charge on any atom is 0.324 e. The van der Waals surface area contributed by atoms with Crippen LogP contribution in [0.25, 0.3) is 33.3 Å². The standard InChI is InChI=1S/C51H65N7O7/c1-11-43(59)57-28-39(31(57)5)48(61)55(9)45(30(3)4)47(60)53-41-25-33-16-13-17-34(24-33)35-20-21-42-37(26-35)38(46(56(42)12-2)36-18-14-22-52-44(36)32(6)64-10)27-51(7,8)29-65-50(63)40-19-15-23-58(54-40)49(41)62/h11,13-14,16-18,20-22,24,26,30-32,39-41,45,54H,1,12,15,19,23,25,27-29H2,2-10H3,(H,53,60)/t31-,32+,39+,40+,41+,45?/m1/s1. The van der Waals surface area contributed by atoms with Crippen molar-refractivity contribution in [1.82, 2.24) is 35.1 Å². The molecule has 2 saturated heterocycles. The number of nitrogens with one attached hydrogen (secondary N) is 2. The zero-order valence-corrected chi connectivity index (χ0v) is 39.4. The largest absolute Gasteiger partial charge is 0.464 e. The van der Waals surface area contributed by atoms with E-state index in [0.29, 0.717) is 32.4 Å². The van der Waals surface area contributed by atoms with Gasteiger partial charge in [-0.2, -0.15) is 0 Å². The number of aromatic nitrogens is 2. The van der Waals surface area contributed by atoms with Crippen molar-refractivity contribution in [2.45, 2.75) is 111 Å². The van der Waals surface area contributed by atoms with Gasteiger partial charge in [-0.15, -0.1) is 0 Å². The van der Waals surface area contributed by atoms with Gasteiger partial charge in [0.15, 0.2) is 0 Å². The van der Waals surface area contributed by atoms with Crippen molar-refractivity contribution >= 4 is 40.5 Å². The van der Waals surface area contributed by atoms with E-state index in [2.05, 4.69) is 79.1 Å². The number of esters is 1. The zero-order valence-electron chi connectivity index (χ0n) is 39.4. The Bertz CT molecular complexity index is 2480. The first-order valence-electron chi connectivity index (χ1n) is 22.9. The molecule has 14 nitrogen and oxygen atoms in total. The zero-order chi connectivity index (χ0) is 46.9. The summed E-state index contributed by atoms with van der Waals surface area (Å²) in [6, 6.07) is 15.5. The van der Waals surface area contributed by atoms with Crippen LogP contribution in [0.2, 0.25) is 0 Å². The van der Waals surface area contributed by atoms with E-state index in [1.165, 1.54) is 16.0 Å². The molecule has 2 fully saturated rings. The van der Waals surface area contributed by atoms with Crippen LogP contribution < -0.4 is 10.7 Å². The molecule has 0 saturated carbocycles. The first kappa shape index (κ1) is 47.1. The lowest BCUT2D eigenvalue weighted by Gasteiger charge is -2.47. The van der Waals surface area contributed by atoms with E-state index < -0.39 is 47.2 Å². The van der Waals surface area contributed by atoms with E-state index in [4.69, 9.17) is 14.5 Å². The molecule has 65 heavy (non-hydrogen) atoms. The van der Waals surface area contributed by atoms with E-state index in [1.54, 1.807) is 25.3 Å². The Kier molecular flexibility index (Phi) is 14.0. The second kappa shape index (κ2) is 19.3. The van der Waals surface area contributed by atoms with Crippen molar-refractivity contribution < 1.29 is 33.4 Å². The Labute approximate surface area is 382 Å². The van der Waals surface area contributed by atoms with Crippen LogP contribution in [0.5, 0.6) is 0 Å². The number of carbonyl (C=O) groups excluding carboxylic acids is 5. The van der Waals surface area contributed by atoms with Gasteiger partial charge in [-0.05, 0) is 98.5 Å². The third-order valence-electron chi connectivity index (χ3n) is 13.5. The quantitative estimate of drug-likeness (QED) is 0.139. The minimum absolute atomic E-state index is 0.135. The number of fused-ring (bicyclic) bond motifs is 6. The summed E-state index contributed by atoms with van der Waals surface area (Å²) in [5.74, 6) is -2.61. The number of methoxy groups -OCH3 is 1. The third kappa shape index (κ3) is 9.46. The van der Waals surface area contributed by atoms with Gasteiger partial charge in [-0.1, -0.05) is 64.6 Å². The molecule has 0 spiro atoms. The van der Waals surface area contributed by atoms with Gasteiger partial charge >= 0.3 is 5.97 Å². The van der Waals surface area contributed by atoms with Gasteiger partial charge in [0.05, 0.1) is 30.0 Å². The van der Waals surface area contributed by atoms with Crippen molar-refractivity contribution in [1.29, 1.82) is 0 Å². The number of pyridine rings is 1. The number of rotatable bonds is 10. The molecule has 0 aliphatic carbocycles. The predicted molar refractivity (Wildman–Crippen MR) is 250 cm³/mol. The first-order valence-corrected chi connectivity index (χ1v) is 22.9. The fourth-order valence-electron chi connectivity index (χ4n) is 9.87. The second-order valence-corrected chi connectivity index (χ2v) is 19.0. The Hall–Kier alpha value is -5.86. The minimum atomic E-state index is -1.05. The lowest BCUT2D eigenvalue weighted by Crippen LogP contribution is -2.65. The fraction of sp³-hybridized carbons (Fsp3) is 0.490. The molecular weight excluding hydrogens is 823 g/mol. The van der Waals surface area contributed by atoms with Crippen molar-refractivity contribution in [3.63, 3.8) is 0 Å². The summed E-state index contributed by atoms with van der Waals surface area (Å²) in [6.45, 7) is 18.8.